The maximum Gasteiger partial charge on any atom is 0.238 e. The first-order valence-electron chi connectivity index (χ1n) is 7.19. The van der Waals surface area contributed by atoms with E-state index in [1.807, 2.05) is 0 Å². The van der Waals surface area contributed by atoms with E-state index in [-0.39, 0.29) is 31.2 Å². The maximum atomic E-state index is 12.2. The van der Waals surface area contributed by atoms with Crippen LogP contribution in [0.2, 0.25) is 10.0 Å². The van der Waals surface area contributed by atoms with E-state index in [0.29, 0.717) is 15.7 Å². The number of halogens is 2. The summed E-state index contributed by atoms with van der Waals surface area (Å²) < 4.78 is 23.3. The zero-order valence-corrected chi connectivity index (χ0v) is 15.0. The van der Waals surface area contributed by atoms with Crippen molar-refractivity contribution in [3.05, 3.63) is 28.2 Å². The number of carbonyl (C=O) groups is 1. The van der Waals surface area contributed by atoms with Gasteiger partial charge in [-0.25, -0.2) is 8.42 Å². The molecule has 24 heavy (non-hydrogen) atoms. The second-order valence-corrected chi connectivity index (χ2v) is 8.64. The fraction of sp³-hybridized carbons (Fsp3) is 0.500. The molecule has 0 aromatic heterocycles. The number of nitrogens with zero attached hydrogens (tertiary/aromatic N) is 1. The number of benzene rings is 1. The molecule has 2 rings (SSSR count). The van der Waals surface area contributed by atoms with E-state index < -0.39 is 27.9 Å². The Balaban J connectivity index is 2.06. The van der Waals surface area contributed by atoms with E-state index in [9.17, 15) is 18.3 Å². The van der Waals surface area contributed by atoms with Crippen molar-refractivity contribution in [2.24, 2.45) is 0 Å². The number of hydrogen-bond donors (Lipinski definition) is 3. The lowest BCUT2D eigenvalue weighted by Crippen LogP contribution is -2.47. The van der Waals surface area contributed by atoms with Gasteiger partial charge < -0.3 is 15.5 Å². The topological polar surface area (TPSA) is 107 Å². The molecule has 0 radical (unpaired) electrons. The molecule has 2 atom stereocenters. The Morgan fingerprint density at radius 3 is 2.38 bits per heavy atom. The highest BCUT2D eigenvalue weighted by molar-refractivity contribution is 7.91. The SMILES string of the molecule is O=C(CN(CCO)C1CS(=O)(=O)CC1O)Nc1cc(Cl)cc(Cl)c1. The Kier molecular flexibility index (Phi) is 6.46. The molecule has 1 amide bonds. The van der Waals surface area contributed by atoms with Crippen LogP contribution in [-0.4, -0.2) is 72.8 Å². The zero-order chi connectivity index (χ0) is 17.9. The van der Waals surface area contributed by atoms with Crippen molar-refractivity contribution in [2.75, 3.05) is 36.5 Å². The fourth-order valence-corrected chi connectivity index (χ4v) is 5.02. The number of amides is 1. The molecule has 1 fully saturated rings. The van der Waals surface area contributed by atoms with Crippen molar-refractivity contribution in [3.8, 4) is 0 Å². The van der Waals surface area contributed by atoms with Gasteiger partial charge >= 0.3 is 0 Å². The van der Waals surface area contributed by atoms with E-state index in [1.54, 1.807) is 0 Å². The van der Waals surface area contributed by atoms with Crippen molar-refractivity contribution in [1.29, 1.82) is 0 Å². The molecule has 0 saturated carbocycles. The second kappa shape index (κ2) is 7.99. The van der Waals surface area contributed by atoms with Crippen LogP contribution in [0.1, 0.15) is 0 Å². The molecule has 0 spiro atoms. The molecule has 1 aliphatic heterocycles. The molecule has 1 aromatic carbocycles. The summed E-state index contributed by atoms with van der Waals surface area (Å²) in [6.07, 6.45) is -1.09. The third-order valence-electron chi connectivity index (χ3n) is 3.64. The predicted octanol–water partition coefficient (Wildman–Crippen LogP) is 0.384. The van der Waals surface area contributed by atoms with Crippen molar-refractivity contribution < 1.29 is 23.4 Å². The first-order valence-corrected chi connectivity index (χ1v) is 9.77. The minimum atomic E-state index is -3.35. The van der Waals surface area contributed by atoms with Gasteiger partial charge in [0.2, 0.25) is 5.91 Å². The van der Waals surface area contributed by atoms with E-state index in [4.69, 9.17) is 28.3 Å². The zero-order valence-electron chi connectivity index (χ0n) is 12.7. The van der Waals surface area contributed by atoms with Crippen LogP contribution in [-0.2, 0) is 14.6 Å². The molecule has 7 nitrogen and oxygen atoms in total. The lowest BCUT2D eigenvalue weighted by atomic mass is 10.2. The average Bonchev–Trinajstić information content (AvgIpc) is 2.70. The second-order valence-electron chi connectivity index (χ2n) is 5.61. The molecule has 3 N–H and O–H groups in total. The number of carbonyl (C=O) groups excluding carboxylic acids is 1. The van der Waals surface area contributed by atoms with Gasteiger partial charge in [-0.2, -0.15) is 0 Å². The van der Waals surface area contributed by atoms with Crippen LogP contribution in [0.15, 0.2) is 18.2 Å². The third kappa shape index (κ3) is 5.30. The summed E-state index contributed by atoms with van der Waals surface area (Å²) in [7, 11) is -3.35. The summed E-state index contributed by atoms with van der Waals surface area (Å²) in [4.78, 5) is 13.6. The van der Waals surface area contributed by atoms with Crippen LogP contribution in [0.4, 0.5) is 5.69 Å². The van der Waals surface area contributed by atoms with Gasteiger partial charge in [0.15, 0.2) is 9.84 Å². The van der Waals surface area contributed by atoms with Crippen LogP contribution >= 0.6 is 23.2 Å². The van der Waals surface area contributed by atoms with Crippen molar-refractivity contribution in [3.63, 3.8) is 0 Å². The molecular formula is C14H18Cl2N2O5S. The highest BCUT2D eigenvalue weighted by Crippen LogP contribution is 2.23. The number of anilines is 1. The van der Waals surface area contributed by atoms with Gasteiger partial charge in [-0.1, -0.05) is 23.2 Å². The Hall–Kier alpha value is -0.900. The number of aliphatic hydroxyl groups is 2. The third-order valence-corrected chi connectivity index (χ3v) is 5.78. The molecule has 134 valence electrons. The highest BCUT2D eigenvalue weighted by atomic mass is 35.5. The highest BCUT2D eigenvalue weighted by Gasteiger charge is 2.40. The summed E-state index contributed by atoms with van der Waals surface area (Å²) in [6.45, 7) is -0.373. The summed E-state index contributed by atoms with van der Waals surface area (Å²) in [5.74, 6) is -1.02. The monoisotopic (exact) mass is 396 g/mol. The van der Waals surface area contributed by atoms with Gasteiger partial charge in [0.05, 0.1) is 36.8 Å². The lowest BCUT2D eigenvalue weighted by molar-refractivity contribution is -0.118. The van der Waals surface area contributed by atoms with Gasteiger partial charge in [0.25, 0.3) is 0 Å². The number of rotatable bonds is 6. The lowest BCUT2D eigenvalue weighted by Gasteiger charge is -2.28. The maximum absolute atomic E-state index is 12.2. The van der Waals surface area contributed by atoms with E-state index in [0.717, 1.165) is 0 Å². The summed E-state index contributed by atoms with van der Waals surface area (Å²) in [5, 5.41) is 22.4. The van der Waals surface area contributed by atoms with E-state index >= 15 is 0 Å². The number of hydrogen-bond acceptors (Lipinski definition) is 6. The number of sulfone groups is 1. The van der Waals surface area contributed by atoms with E-state index in [2.05, 4.69) is 5.32 Å². The van der Waals surface area contributed by atoms with Crippen LogP contribution in [0.3, 0.4) is 0 Å². The molecule has 0 aliphatic carbocycles. The standard InChI is InChI=1S/C14H18Cl2N2O5S/c15-9-3-10(16)5-11(4-9)17-14(21)6-18(1-2-19)12-7-24(22,23)8-13(12)20/h3-5,12-13,19-20H,1-2,6-8H2,(H,17,21). The van der Waals surface area contributed by atoms with Gasteiger partial charge in [-0.05, 0) is 18.2 Å². The molecule has 1 aromatic rings. The fourth-order valence-electron chi connectivity index (χ4n) is 2.66. The normalized spacial score (nSPS) is 22.7. The smallest absolute Gasteiger partial charge is 0.238 e. The van der Waals surface area contributed by atoms with Crippen LogP contribution in [0.5, 0.6) is 0 Å². The molecule has 1 heterocycles. The van der Waals surface area contributed by atoms with Crippen LogP contribution in [0.25, 0.3) is 0 Å². The first kappa shape index (κ1) is 19.4. The van der Waals surface area contributed by atoms with Crippen LogP contribution < -0.4 is 5.32 Å². The number of aliphatic hydroxyl groups excluding tert-OH is 2. The Morgan fingerprint density at radius 1 is 1.25 bits per heavy atom. The van der Waals surface area contributed by atoms with E-state index in [1.165, 1.54) is 23.1 Å². The molecule has 1 saturated heterocycles. The first-order chi connectivity index (χ1) is 11.2. The summed E-state index contributed by atoms with van der Waals surface area (Å²) in [5.41, 5.74) is 0.404. The van der Waals surface area contributed by atoms with Gasteiger partial charge in [-0.3, -0.25) is 9.69 Å². The molecule has 2 unspecified atom stereocenters. The summed E-state index contributed by atoms with van der Waals surface area (Å²) >= 11 is 11.7. The van der Waals surface area contributed by atoms with Crippen molar-refractivity contribution in [1.82, 2.24) is 4.90 Å². The molecular weight excluding hydrogens is 379 g/mol. The predicted molar refractivity (Wildman–Crippen MR) is 92.2 cm³/mol. The molecule has 1 aliphatic rings. The minimum Gasteiger partial charge on any atom is -0.395 e. The molecule has 0 bridgehead atoms. The van der Waals surface area contributed by atoms with Crippen LogP contribution in [0, 0.1) is 0 Å². The summed E-state index contributed by atoms with van der Waals surface area (Å²) in [6, 6.07) is 3.85. The Bertz CT molecular complexity index is 693. The minimum absolute atomic E-state index is 0.0704. The Labute approximate surface area is 150 Å². The largest absolute Gasteiger partial charge is 0.395 e. The van der Waals surface area contributed by atoms with Gasteiger partial charge in [-0.15, -0.1) is 0 Å². The quantitative estimate of drug-likeness (QED) is 0.641. The number of nitrogens with one attached hydrogen (secondary N) is 1. The molecule has 10 heteroatoms. The Morgan fingerprint density at radius 2 is 1.88 bits per heavy atom. The van der Waals surface area contributed by atoms with Gasteiger partial charge in [0.1, 0.15) is 0 Å². The van der Waals surface area contributed by atoms with Gasteiger partial charge in [0, 0.05) is 22.3 Å². The van der Waals surface area contributed by atoms with Crippen molar-refractivity contribution in [2.45, 2.75) is 12.1 Å². The van der Waals surface area contributed by atoms with Crippen molar-refractivity contribution >= 4 is 44.6 Å². The average molecular weight is 397 g/mol.